The van der Waals surface area contributed by atoms with Crippen LogP contribution in [0.1, 0.15) is 107 Å². The minimum atomic E-state index is -1.59. The summed E-state index contributed by atoms with van der Waals surface area (Å²) < 4.78 is 6.63. The highest BCUT2D eigenvalue weighted by molar-refractivity contribution is 6.87. The van der Waals surface area contributed by atoms with E-state index >= 15 is 0 Å². The van der Waals surface area contributed by atoms with Crippen molar-refractivity contribution in [3.05, 3.63) is 11.6 Å². The van der Waals surface area contributed by atoms with Gasteiger partial charge in [-0.2, -0.15) is 0 Å². The van der Waals surface area contributed by atoms with Crippen LogP contribution >= 0.6 is 0 Å². The van der Waals surface area contributed by atoms with Crippen molar-refractivity contribution in [1.82, 2.24) is 0 Å². The molecule has 3 saturated carbocycles. The Morgan fingerprint density at radius 3 is 1.92 bits per heavy atom. The molecule has 0 unspecified atom stereocenters. The first-order valence-corrected chi connectivity index (χ1v) is 20.6. The second kappa shape index (κ2) is 9.75. The molecule has 0 aromatic heterocycles. The van der Waals surface area contributed by atoms with E-state index in [4.69, 9.17) is 4.12 Å². The van der Waals surface area contributed by atoms with Gasteiger partial charge in [-0.3, -0.25) is 4.79 Å². The van der Waals surface area contributed by atoms with Crippen molar-refractivity contribution in [2.24, 2.45) is 28.6 Å². The lowest BCUT2D eigenvalue weighted by molar-refractivity contribution is -0.118. The van der Waals surface area contributed by atoms with Gasteiger partial charge < -0.3 is 9.22 Å². The molecule has 208 valence electrons. The van der Waals surface area contributed by atoms with E-state index in [1.165, 1.54) is 31.3 Å². The third-order valence-corrected chi connectivity index (χ3v) is 23.3. The molecule has 4 aliphatic rings. The Bertz CT molecular complexity index is 838. The number of hydrogen-bond donors (Lipinski definition) is 1. The van der Waals surface area contributed by atoms with Crippen LogP contribution in [0.3, 0.4) is 0 Å². The quantitative estimate of drug-likeness (QED) is 0.360. The van der Waals surface area contributed by atoms with Crippen LogP contribution in [0.15, 0.2) is 11.6 Å². The Morgan fingerprint density at radius 2 is 1.39 bits per heavy atom. The predicted molar refractivity (Wildman–Crippen MR) is 158 cm³/mol. The van der Waals surface area contributed by atoms with E-state index in [2.05, 4.69) is 81.6 Å². The van der Waals surface area contributed by atoms with Crippen LogP contribution in [0.4, 0.5) is 0 Å². The fourth-order valence-electron chi connectivity index (χ4n) is 7.48. The van der Waals surface area contributed by atoms with Gasteiger partial charge in [0.25, 0.3) is 0 Å². The molecule has 0 aromatic carbocycles. The average molecular weight is 535 g/mol. The Hall–Kier alpha value is -0.236. The van der Waals surface area contributed by atoms with E-state index in [9.17, 15) is 9.90 Å². The van der Waals surface area contributed by atoms with Crippen LogP contribution < -0.4 is 0 Å². The maximum Gasteiger partial charge on any atom is 0.178 e. The first kappa shape index (κ1) is 30.3. The number of fused-ring (bicyclic) bond motifs is 5. The molecule has 6 atom stereocenters. The third kappa shape index (κ3) is 5.42. The van der Waals surface area contributed by atoms with Gasteiger partial charge >= 0.3 is 0 Å². The standard InChI is InChI=1S/C19H28O2.C12H30OSi2/c1-18-9-7-13(20)11-12(18)3-4-14-15-5-6-17(21)19(15,2)10-8-16(14)18;1-11(2,3)14(7,8)13-15(9,10)12(4,5)6/h11,14-17,21H,3-10H2,1-2H3;1-10H3/t14-,15-,16-,17-,18-,19-;/m0./s1. The van der Waals surface area contributed by atoms with E-state index in [0.29, 0.717) is 21.8 Å². The molecular weight excluding hydrogens is 477 g/mol. The van der Waals surface area contributed by atoms with Crippen molar-refractivity contribution < 1.29 is 14.0 Å². The molecule has 0 radical (unpaired) electrons. The van der Waals surface area contributed by atoms with E-state index in [-0.39, 0.29) is 16.9 Å². The van der Waals surface area contributed by atoms with Gasteiger partial charge in [-0.05, 0) is 116 Å². The second-order valence-electron chi connectivity index (χ2n) is 16.2. The second-order valence-corrected chi connectivity index (χ2v) is 26.1. The van der Waals surface area contributed by atoms with Gasteiger partial charge in [0.05, 0.1) is 6.10 Å². The van der Waals surface area contributed by atoms with E-state index in [0.717, 1.165) is 37.5 Å². The van der Waals surface area contributed by atoms with Gasteiger partial charge in [-0.1, -0.05) is 61.0 Å². The van der Waals surface area contributed by atoms with Crippen molar-refractivity contribution >= 4 is 22.4 Å². The number of rotatable bonds is 2. The first-order chi connectivity index (χ1) is 16.2. The Labute approximate surface area is 225 Å². The monoisotopic (exact) mass is 534 g/mol. The van der Waals surface area contributed by atoms with Gasteiger partial charge in [0, 0.05) is 6.42 Å². The zero-order valence-electron chi connectivity index (χ0n) is 25.8. The van der Waals surface area contributed by atoms with E-state index in [1.54, 1.807) is 0 Å². The summed E-state index contributed by atoms with van der Waals surface area (Å²) in [7, 11) is -3.18. The summed E-state index contributed by atoms with van der Waals surface area (Å²) in [5.74, 6) is 2.57. The molecular formula is C31H58O3Si2. The SMILES string of the molecule is CC(C)(C)[Si](C)(C)O[Si](C)(C)C(C)(C)C.C[C@]12CC[C@H]3[C@@H](CCC4=CC(=O)CC[C@@]43C)[C@@H]1CC[C@@H]2O. The van der Waals surface area contributed by atoms with Gasteiger partial charge in [-0.25, -0.2) is 0 Å². The van der Waals surface area contributed by atoms with Crippen molar-refractivity contribution in [2.75, 3.05) is 0 Å². The topological polar surface area (TPSA) is 46.5 Å². The highest BCUT2D eigenvalue weighted by atomic mass is 28.4. The van der Waals surface area contributed by atoms with E-state index in [1.807, 2.05) is 6.08 Å². The first-order valence-electron chi connectivity index (χ1n) is 14.8. The lowest BCUT2D eigenvalue weighted by Gasteiger charge is -2.57. The smallest absolute Gasteiger partial charge is 0.178 e. The van der Waals surface area contributed by atoms with Crippen molar-refractivity contribution in [3.8, 4) is 0 Å². The van der Waals surface area contributed by atoms with Gasteiger partial charge in [0.2, 0.25) is 0 Å². The van der Waals surface area contributed by atoms with Gasteiger partial charge in [-0.15, -0.1) is 0 Å². The molecule has 0 aliphatic heterocycles. The predicted octanol–water partition coefficient (Wildman–Crippen LogP) is 8.89. The van der Waals surface area contributed by atoms with Crippen LogP contribution in [0.5, 0.6) is 0 Å². The summed E-state index contributed by atoms with van der Waals surface area (Å²) in [6, 6.07) is 0. The fraction of sp³-hybridized carbons (Fsp3) is 0.903. The highest BCUT2D eigenvalue weighted by Crippen LogP contribution is 2.65. The number of hydrogen-bond acceptors (Lipinski definition) is 3. The van der Waals surface area contributed by atoms with Crippen LogP contribution in [0.25, 0.3) is 0 Å². The number of carbonyl (C=O) groups excluding carboxylic acids is 1. The minimum Gasteiger partial charge on any atom is -0.455 e. The summed E-state index contributed by atoms with van der Waals surface area (Å²) in [4.78, 5) is 11.8. The fourth-order valence-corrected chi connectivity index (χ4v) is 15.0. The number of ketones is 1. The molecule has 4 aliphatic carbocycles. The van der Waals surface area contributed by atoms with Crippen molar-refractivity contribution in [1.29, 1.82) is 0 Å². The lowest BCUT2D eigenvalue weighted by Crippen LogP contribution is -2.53. The molecule has 36 heavy (non-hydrogen) atoms. The molecule has 0 amide bonds. The Balaban J connectivity index is 0.000000215. The third-order valence-electron chi connectivity index (χ3n) is 12.0. The van der Waals surface area contributed by atoms with Crippen LogP contribution in [0, 0.1) is 28.6 Å². The average Bonchev–Trinajstić information content (AvgIpc) is 3.01. The summed E-state index contributed by atoms with van der Waals surface area (Å²) >= 11 is 0. The molecule has 0 aromatic rings. The highest BCUT2D eigenvalue weighted by Gasteiger charge is 2.58. The maximum atomic E-state index is 11.8. The zero-order valence-corrected chi connectivity index (χ0v) is 27.8. The Kier molecular flexibility index (Phi) is 8.21. The molecule has 3 fully saturated rings. The van der Waals surface area contributed by atoms with E-state index < -0.39 is 16.6 Å². The number of aliphatic hydroxyl groups is 1. The molecule has 4 rings (SSSR count). The number of carbonyl (C=O) groups is 1. The molecule has 0 heterocycles. The van der Waals surface area contributed by atoms with Crippen molar-refractivity contribution in [3.63, 3.8) is 0 Å². The number of aliphatic hydroxyl groups excluding tert-OH is 1. The molecule has 3 nitrogen and oxygen atoms in total. The molecule has 0 bridgehead atoms. The molecule has 1 N–H and O–H groups in total. The van der Waals surface area contributed by atoms with Gasteiger partial charge in [0.15, 0.2) is 22.4 Å². The normalized spacial score (nSPS) is 37.2. The van der Waals surface area contributed by atoms with Crippen LogP contribution in [-0.2, 0) is 8.91 Å². The summed E-state index contributed by atoms with van der Waals surface area (Å²) in [5, 5.41) is 11.1. The van der Waals surface area contributed by atoms with Crippen molar-refractivity contribution in [2.45, 2.75) is 149 Å². The maximum absolute atomic E-state index is 11.8. The van der Waals surface area contributed by atoms with Crippen LogP contribution in [-0.4, -0.2) is 33.6 Å². The summed E-state index contributed by atoms with van der Waals surface area (Å²) in [5.41, 5.74) is 1.89. The van der Waals surface area contributed by atoms with Crippen LogP contribution in [0.2, 0.25) is 36.3 Å². The molecule has 0 saturated heterocycles. The lowest BCUT2D eigenvalue weighted by atomic mass is 9.47. The summed E-state index contributed by atoms with van der Waals surface area (Å²) in [6.07, 6.45) is 10.7. The summed E-state index contributed by atoms with van der Waals surface area (Å²) in [6.45, 7) is 28.1. The zero-order chi connectivity index (χ0) is 27.5. The minimum absolute atomic E-state index is 0.0823. The number of allylic oxidation sites excluding steroid dienone is 1. The molecule has 0 spiro atoms. The Morgan fingerprint density at radius 1 is 0.833 bits per heavy atom. The van der Waals surface area contributed by atoms with Gasteiger partial charge in [0.1, 0.15) is 0 Å². The largest absolute Gasteiger partial charge is 0.455 e. The molecule has 5 heteroatoms.